The minimum Gasteiger partial charge on any atom is -0.334 e. The lowest BCUT2D eigenvalue weighted by molar-refractivity contribution is 0.490. The standard InChI is InChI=1S/C12H13F2N3/c1-2-17-7-6-16-12(17)11(15)8-4-3-5-9(13)10(8)14/h3-7,11H,2,15H2,1H3. The molecule has 2 N–H and O–H groups in total. The lowest BCUT2D eigenvalue weighted by Gasteiger charge is -2.14. The van der Waals surface area contributed by atoms with Gasteiger partial charge in [-0.3, -0.25) is 0 Å². The van der Waals surface area contributed by atoms with Gasteiger partial charge in [0, 0.05) is 24.5 Å². The molecule has 0 amide bonds. The summed E-state index contributed by atoms with van der Waals surface area (Å²) in [6, 6.07) is 3.21. The van der Waals surface area contributed by atoms with Crippen molar-refractivity contribution in [3.63, 3.8) is 0 Å². The van der Waals surface area contributed by atoms with Crippen LogP contribution in [0, 0.1) is 11.6 Å². The predicted molar refractivity (Wildman–Crippen MR) is 60.3 cm³/mol. The van der Waals surface area contributed by atoms with E-state index in [-0.39, 0.29) is 5.56 Å². The lowest BCUT2D eigenvalue weighted by Crippen LogP contribution is -2.19. The molecule has 0 aliphatic heterocycles. The Morgan fingerprint density at radius 3 is 2.88 bits per heavy atom. The number of nitrogens with zero attached hydrogens (tertiary/aromatic N) is 2. The molecule has 1 aromatic carbocycles. The van der Waals surface area contributed by atoms with Crippen LogP contribution in [0.3, 0.4) is 0 Å². The number of benzene rings is 1. The quantitative estimate of drug-likeness (QED) is 0.889. The molecule has 0 saturated heterocycles. The van der Waals surface area contributed by atoms with E-state index in [2.05, 4.69) is 4.98 Å². The number of nitrogens with two attached hydrogens (primary N) is 1. The van der Waals surface area contributed by atoms with E-state index in [1.807, 2.05) is 6.92 Å². The van der Waals surface area contributed by atoms with E-state index in [0.29, 0.717) is 12.4 Å². The first-order chi connectivity index (χ1) is 8.15. The Morgan fingerprint density at radius 2 is 2.18 bits per heavy atom. The van der Waals surface area contributed by atoms with Crippen molar-refractivity contribution in [2.75, 3.05) is 0 Å². The molecule has 0 aliphatic rings. The molecule has 2 aromatic rings. The van der Waals surface area contributed by atoms with Crippen molar-refractivity contribution in [2.24, 2.45) is 5.73 Å². The third-order valence-corrected chi connectivity index (χ3v) is 2.68. The van der Waals surface area contributed by atoms with Gasteiger partial charge in [0.15, 0.2) is 11.6 Å². The van der Waals surface area contributed by atoms with E-state index < -0.39 is 17.7 Å². The van der Waals surface area contributed by atoms with Gasteiger partial charge < -0.3 is 10.3 Å². The Morgan fingerprint density at radius 1 is 1.41 bits per heavy atom. The molecule has 90 valence electrons. The van der Waals surface area contributed by atoms with Crippen molar-refractivity contribution in [3.8, 4) is 0 Å². The summed E-state index contributed by atoms with van der Waals surface area (Å²) in [5.41, 5.74) is 6.03. The molecule has 0 radical (unpaired) electrons. The SMILES string of the molecule is CCn1ccnc1C(N)c1cccc(F)c1F. The molecule has 1 aromatic heterocycles. The maximum Gasteiger partial charge on any atom is 0.164 e. The average molecular weight is 237 g/mol. The number of hydrogen-bond donors (Lipinski definition) is 1. The maximum absolute atomic E-state index is 13.6. The Kier molecular flexibility index (Phi) is 3.19. The van der Waals surface area contributed by atoms with Crippen LogP contribution in [0.1, 0.15) is 24.4 Å². The fourth-order valence-electron chi connectivity index (χ4n) is 1.77. The fraction of sp³-hybridized carbons (Fsp3) is 0.250. The highest BCUT2D eigenvalue weighted by molar-refractivity contribution is 5.27. The summed E-state index contributed by atoms with van der Waals surface area (Å²) < 4.78 is 28.5. The molecular formula is C12H13F2N3. The van der Waals surface area contributed by atoms with Crippen LogP contribution in [0.15, 0.2) is 30.6 Å². The number of imidazole rings is 1. The molecule has 0 spiro atoms. The zero-order chi connectivity index (χ0) is 12.4. The van der Waals surface area contributed by atoms with E-state index in [9.17, 15) is 8.78 Å². The molecule has 0 saturated carbocycles. The highest BCUT2D eigenvalue weighted by atomic mass is 19.2. The summed E-state index contributed by atoms with van der Waals surface area (Å²) >= 11 is 0. The Hall–Kier alpha value is -1.75. The van der Waals surface area contributed by atoms with E-state index in [4.69, 9.17) is 5.73 Å². The molecule has 0 bridgehead atoms. The zero-order valence-corrected chi connectivity index (χ0v) is 9.40. The Balaban J connectivity index is 2.44. The second kappa shape index (κ2) is 4.63. The molecule has 0 aliphatic carbocycles. The van der Waals surface area contributed by atoms with Crippen LogP contribution in [0.4, 0.5) is 8.78 Å². The first-order valence-electron chi connectivity index (χ1n) is 5.35. The minimum atomic E-state index is -0.911. The van der Waals surface area contributed by atoms with Crippen LogP contribution in [0.5, 0.6) is 0 Å². The number of aryl methyl sites for hydroxylation is 1. The number of rotatable bonds is 3. The summed E-state index contributed by atoms with van der Waals surface area (Å²) in [5, 5.41) is 0. The monoisotopic (exact) mass is 237 g/mol. The van der Waals surface area contributed by atoms with Crippen molar-refractivity contribution in [3.05, 3.63) is 53.6 Å². The summed E-state index contributed by atoms with van der Waals surface area (Å²) in [4.78, 5) is 4.08. The largest absolute Gasteiger partial charge is 0.334 e. The second-order valence-corrected chi connectivity index (χ2v) is 3.69. The molecule has 1 atom stereocenters. The number of hydrogen-bond acceptors (Lipinski definition) is 2. The van der Waals surface area contributed by atoms with Crippen LogP contribution >= 0.6 is 0 Å². The molecule has 17 heavy (non-hydrogen) atoms. The highest BCUT2D eigenvalue weighted by Crippen LogP contribution is 2.22. The van der Waals surface area contributed by atoms with Gasteiger partial charge >= 0.3 is 0 Å². The van der Waals surface area contributed by atoms with Gasteiger partial charge in [-0.15, -0.1) is 0 Å². The zero-order valence-electron chi connectivity index (χ0n) is 9.40. The van der Waals surface area contributed by atoms with Crippen molar-refractivity contribution < 1.29 is 8.78 Å². The van der Waals surface area contributed by atoms with E-state index in [1.165, 1.54) is 12.1 Å². The van der Waals surface area contributed by atoms with Gasteiger partial charge in [0.1, 0.15) is 5.82 Å². The van der Waals surface area contributed by atoms with Gasteiger partial charge in [-0.2, -0.15) is 0 Å². The van der Waals surface area contributed by atoms with Gasteiger partial charge in [-0.1, -0.05) is 12.1 Å². The summed E-state index contributed by atoms with van der Waals surface area (Å²) in [6.45, 7) is 2.61. The van der Waals surface area contributed by atoms with Gasteiger partial charge in [0.05, 0.1) is 6.04 Å². The fourth-order valence-corrected chi connectivity index (χ4v) is 1.77. The topological polar surface area (TPSA) is 43.8 Å². The third kappa shape index (κ3) is 2.06. The molecule has 1 heterocycles. The average Bonchev–Trinajstić information content (AvgIpc) is 2.80. The Labute approximate surface area is 97.9 Å². The van der Waals surface area contributed by atoms with Crippen molar-refractivity contribution in [1.82, 2.24) is 9.55 Å². The summed E-state index contributed by atoms with van der Waals surface area (Å²) in [6.07, 6.45) is 3.35. The summed E-state index contributed by atoms with van der Waals surface area (Å²) in [5.74, 6) is -1.28. The van der Waals surface area contributed by atoms with Crippen molar-refractivity contribution in [1.29, 1.82) is 0 Å². The van der Waals surface area contributed by atoms with Crippen LogP contribution < -0.4 is 5.73 Å². The molecule has 5 heteroatoms. The van der Waals surface area contributed by atoms with Gasteiger partial charge in [-0.25, -0.2) is 13.8 Å². The predicted octanol–water partition coefficient (Wildman–Crippen LogP) is 2.23. The van der Waals surface area contributed by atoms with Gasteiger partial charge in [0.2, 0.25) is 0 Å². The van der Waals surface area contributed by atoms with Crippen molar-refractivity contribution in [2.45, 2.75) is 19.5 Å². The van der Waals surface area contributed by atoms with Crippen LogP contribution in [0.25, 0.3) is 0 Å². The number of halogens is 2. The van der Waals surface area contributed by atoms with Crippen molar-refractivity contribution >= 4 is 0 Å². The molecule has 2 rings (SSSR count). The Bertz CT molecular complexity index is 522. The van der Waals surface area contributed by atoms with Gasteiger partial charge in [-0.05, 0) is 13.0 Å². The molecule has 1 unspecified atom stereocenters. The second-order valence-electron chi connectivity index (χ2n) is 3.69. The smallest absolute Gasteiger partial charge is 0.164 e. The van der Waals surface area contributed by atoms with E-state index in [1.54, 1.807) is 17.0 Å². The van der Waals surface area contributed by atoms with Gasteiger partial charge in [0.25, 0.3) is 0 Å². The summed E-state index contributed by atoms with van der Waals surface area (Å²) in [7, 11) is 0. The van der Waals surface area contributed by atoms with Crippen LogP contribution in [-0.4, -0.2) is 9.55 Å². The van der Waals surface area contributed by atoms with Crippen LogP contribution in [-0.2, 0) is 6.54 Å². The highest BCUT2D eigenvalue weighted by Gasteiger charge is 2.19. The molecule has 3 nitrogen and oxygen atoms in total. The van der Waals surface area contributed by atoms with E-state index in [0.717, 1.165) is 6.07 Å². The number of aromatic nitrogens is 2. The van der Waals surface area contributed by atoms with Crippen LogP contribution in [0.2, 0.25) is 0 Å². The first-order valence-corrected chi connectivity index (χ1v) is 5.35. The molecule has 0 fully saturated rings. The first kappa shape index (κ1) is 11.7. The maximum atomic E-state index is 13.6. The van der Waals surface area contributed by atoms with E-state index >= 15 is 0 Å². The minimum absolute atomic E-state index is 0.117. The third-order valence-electron chi connectivity index (χ3n) is 2.68. The molecular weight excluding hydrogens is 224 g/mol. The normalized spacial score (nSPS) is 12.7. The lowest BCUT2D eigenvalue weighted by atomic mass is 10.1.